The summed E-state index contributed by atoms with van der Waals surface area (Å²) in [5.74, 6) is -1.44. The molecule has 236 valence electrons. The average molecular weight is 664 g/mol. The van der Waals surface area contributed by atoms with Crippen LogP contribution >= 0.6 is 23.1 Å². The highest BCUT2D eigenvalue weighted by molar-refractivity contribution is 8.00. The monoisotopic (exact) mass is 663 g/mol. The number of carbonyl (C=O) groups excluding carboxylic acids is 2. The number of aromatic hydroxyl groups is 1. The summed E-state index contributed by atoms with van der Waals surface area (Å²) in [6.45, 7) is 5.76. The molecule has 47 heavy (non-hydrogen) atoms. The lowest BCUT2D eigenvalue weighted by Gasteiger charge is -2.23. The van der Waals surface area contributed by atoms with Crippen LogP contribution in [-0.4, -0.2) is 48.1 Å². The Balaban J connectivity index is 1.31. The van der Waals surface area contributed by atoms with E-state index >= 15 is 0 Å². The number of amides is 1. The van der Waals surface area contributed by atoms with Gasteiger partial charge in [0.25, 0.3) is 5.78 Å². The molecule has 1 fully saturated rings. The highest BCUT2D eigenvalue weighted by Crippen LogP contribution is 2.46. The number of thioether (sulfide) groups is 1. The summed E-state index contributed by atoms with van der Waals surface area (Å²) >= 11 is 2.67. The largest absolute Gasteiger partial charge is 0.505 e. The van der Waals surface area contributed by atoms with Crippen LogP contribution in [0.25, 0.3) is 22.2 Å². The van der Waals surface area contributed by atoms with Crippen LogP contribution in [0.5, 0.6) is 11.5 Å². The Hall–Kier alpha value is -5.20. The standard InChI is InChI=1S/C35H29N5O5S2/c1-4-45-26-17-22(14-15-25(26)41)29-27(30(42)28-20(3)39-16-8-9-19(2)32(39)36-28)31(43)33(44)40(29)34-37-38-35(47-34)46-18-23-12-7-11-21-10-5-6-13-24(21)23/h5-17,29,41-42H,4,18H2,1-3H3/b30-27+. The second kappa shape index (κ2) is 12.2. The summed E-state index contributed by atoms with van der Waals surface area (Å²) in [5.41, 5.74) is 3.73. The summed E-state index contributed by atoms with van der Waals surface area (Å²) in [7, 11) is 0. The van der Waals surface area contributed by atoms with Crippen LogP contribution in [0.2, 0.25) is 0 Å². The molecule has 6 aromatic rings. The highest BCUT2D eigenvalue weighted by atomic mass is 32.2. The zero-order valence-corrected chi connectivity index (χ0v) is 27.3. The zero-order valence-electron chi connectivity index (χ0n) is 25.7. The van der Waals surface area contributed by atoms with Gasteiger partial charge in [0.2, 0.25) is 5.13 Å². The van der Waals surface area contributed by atoms with E-state index in [2.05, 4.69) is 39.4 Å². The molecule has 0 saturated carbocycles. The molecule has 10 nitrogen and oxygen atoms in total. The lowest BCUT2D eigenvalue weighted by atomic mass is 9.96. The molecule has 7 rings (SSSR count). The number of aryl methyl sites for hydroxylation is 2. The Morgan fingerprint density at radius 3 is 2.64 bits per heavy atom. The van der Waals surface area contributed by atoms with Gasteiger partial charge in [0.05, 0.1) is 23.9 Å². The maximum atomic E-state index is 13.8. The molecule has 4 heterocycles. The number of hydrogen-bond donors (Lipinski definition) is 2. The molecule has 1 unspecified atom stereocenters. The number of fused-ring (bicyclic) bond motifs is 2. The van der Waals surface area contributed by atoms with Crippen molar-refractivity contribution in [1.29, 1.82) is 0 Å². The van der Waals surface area contributed by atoms with E-state index in [1.807, 2.05) is 47.9 Å². The fraction of sp³-hybridized carbons (Fsp3) is 0.171. The molecule has 0 spiro atoms. The van der Waals surface area contributed by atoms with Gasteiger partial charge in [0.1, 0.15) is 11.3 Å². The van der Waals surface area contributed by atoms with Crippen molar-refractivity contribution in [1.82, 2.24) is 19.6 Å². The second-order valence-corrected chi connectivity index (χ2v) is 13.2. The molecule has 2 N–H and O–H groups in total. The third-order valence-corrected chi connectivity index (χ3v) is 10.3. The lowest BCUT2D eigenvalue weighted by Crippen LogP contribution is -2.29. The lowest BCUT2D eigenvalue weighted by molar-refractivity contribution is -0.132. The number of anilines is 1. The van der Waals surface area contributed by atoms with Crippen LogP contribution in [0, 0.1) is 13.8 Å². The third-order valence-electron chi connectivity index (χ3n) is 8.19. The number of carbonyl (C=O) groups is 2. The number of nitrogens with zero attached hydrogens (tertiary/aromatic N) is 5. The van der Waals surface area contributed by atoms with Gasteiger partial charge in [-0.25, -0.2) is 4.98 Å². The van der Waals surface area contributed by atoms with Crippen LogP contribution in [0.1, 0.15) is 41.0 Å². The quantitative estimate of drug-likeness (QED) is 0.0582. The van der Waals surface area contributed by atoms with Gasteiger partial charge >= 0.3 is 5.91 Å². The van der Waals surface area contributed by atoms with Crippen molar-refractivity contribution >= 4 is 62.1 Å². The van der Waals surface area contributed by atoms with E-state index < -0.39 is 23.5 Å². The van der Waals surface area contributed by atoms with Crippen molar-refractivity contribution in [2.45, 2.75) is 36.9 Å². The molecule has 12 heteroatoms. The first kappa shape index (κ1) is 30.5. The fourth-order valence-corrected chi connectivity index (χ4v) is 7.78. The van der Waals surface area contributed by atoms with Crippen LogP contribution < -0.4 is 9.64 Å². The minimum atomic E-state index is -1.09. The first-order valence-electron chi connectivity index (χ1n) is 14.9. The molecule has 0 aliphatic carbocycles. The minimum absolute atomic E-state index is 0.0951. The molecule has 0 bridgehead atoms. The smallest absolute Gasteiger partial charge is 0.301 e. The van der Waals surface area contributed by atoms with Gasteiger partial charge in [0.15, 0.2) is 21.6 Å². The molecule has 1 amide bonds. The molecule has 1 saturated heterocycles. The maximum absolute atomic E-state index is 13.8. The number of rotatable bonds is 8. The minimum Gasteiger partial charge on any atom is -0.505 e. The Kier molecular flexibility index (Phi) is 7.90. The third kappa shape index (κ3) is 5.29. The predicted octanol–water partition coefficient (Wildman–Crippen LogP) is 6.98. The Labute approximate surface area is 278 Å². The number of ketones is 1. The zero-order chi connectivity index (χ0) is 32.8. The van der Waals surface area contributed by atoms with E-state index in [9.17, 15) is 19.8 Å². The summed E-state index contributed by atoms with van der Waals surface area (Å²) in [6.07, 6.45) is 1.82. The van der Waals surface area contributed by atoms with Crippen LogP contribution in [-0.2, 0) is 15.3 Å². The summed E-state index contributed by atoms with van der Waals surface area (Å²) < 4.78 is 8.07. The number of aromatic nitrogens is 4. The summed E-state index contributed by atoms with van der Waals surface area (Å²) in [6, 6.07) is 21.6. The highest BCUT2D eigenvalue weighted by Gasteiger charge is 2.49. The Morgan fingerprint density at radius 1 is 1.02 bits per heavy atom. The molecule has 3 aromatic carbocycles. The Bertz CT molecular complexity index is 2240. The van der Waals surface area contributed by atoms with Crippen molar-refractivity contribution in [3.63, 3.8) is 0 Å². The number of pyridine rings is 1. The van der Waals surface area contributed by atoms with E-state index in [0.29, 0.717) is 27.0 Å². The molecule has 1 atom stereocenters. The number of ether oxygens (including phenoxy) is 1. The van der Waals surface area contributed by atoms with E-state index in [-0.39, 0.29) is 34.5 Å². The Morgan fingerprint density at radius 2 is 1.83 bits per heavy atom. The molecule has 1 aliphatic rings. The van der Waals surface area contributed by atoms with Crippen molar-refractivity contribution in [2.75, 3.05) is 11.5 Å². The fourth-order valence-electron chi connectivity index (χ4n) is 5.91. The SMILES string of the molecule is CCOc1cc(C2/C(=C(\O)c3nc4c(C)cccn4c3C)C(=O)C(=O)N2c2nnc(SCc3cccc4ccccc34)s2)ccc1O. The van der Waals surface area contributed by atoms with E-state index in [1.54, 1.807) is 26.0 Å². The molecular weight excluding hydrogens is 635 g/mol. The predicted molar refractivity (Wildman–Crippen MR) is 182 cm³/mol. The molecule has 1 aliphatic heterocycles. The van der Waals surface area contributed by atoms with Gasteiger partial charge in [-0.1, -0.05) is 77.7 Å². The van der Waals surface area contributed by atoms with Crippen LogP contribution in [0.4, 0.5) is 5.13 Å². The first-order valence-corrected chi connectivity index (χ1v) is 16.7. The van der Waals surface area contributed by atoms with E-state index in [0.717, 1.165) is 21.9 Å². The molecule has 3 aromatic heterocycles. The number of Topliss-reactive ketones (excluding diaryl/α,β-unsaturated/α-hetero) is 1. The van der Waals surface area contributed by atoms with Crippen LogP contribution in [0.3, 0.4) is 0 Å². The topological polar surface area (TPSA) is 130 Å². The van der Waals surface area contributed by atoms with E-state index in [1.165, 1.54) is 34.1 Å². The normalized spacial score (nSPS) is 16.1. The number of phenols is 1. The average Bonchev–Trinajstić information content (AvgIpc) is 3.76. The van der Waals surface area contributed by atoms with Crippen LogP contribution in [0.15, 0.2) is 88.9 Å². The van der Waals surface area contributed by atoms with Gasteiger partial charge in [-0.2, -0.15) is 0 Å². The molecule has 0 radical (unpaired) electrons. The van der Waals surface area contributed by atoms with Crippen molar-refractivity contribution < 1.29 is 24.5 Å². The van der Waals surface area contributed by atoms with E-state index in [4.69, 9.17) is 4.74 Å². The van der Waals surface area contributed by atoms with Crippen molar-refractivity contribution in [3.8, 4) is 11.5 Å². The number of imidazole rings is 1. The first-order chi connectivity index (χ1) is 22.8. The van der Waals surface area contributed by atoms with Gasteiger partial charge in [-0.15, -0.1) is 10.2 Å². The second-order valence-electron chi connectivity index (χ2n) is 11.0. The van der Waals surface area contributed by atoms with Crippen molar-refractivity contribution in [2.24, 2.45) is 0 Å². The number of hydrogen-bond acceptors (Lipinski definition) is 10. The number of benzene rings is 3. The van der Waals surface area contributed by atoms with Crippen molar-refractivity contribution in [3.05, 3.63) is 113 Å². The summed E-state index contributed by atoms with van der Waals surface area (Å²) in [4.78, 5) is 33.6. The summed E-state index contributed by atoms with van der Waals surface area (Å²) in [5, 5.41) is 33.4. The molecular formula is C35H29N5O5S2. The number of aliphatic hydroxyl groups is 1. The number of phenolic OH excluding ortho intramolecular Hbond substituents is 1. The van der Waals surface area contributed by atoms with Gasteiger partial charge in [-0.05, 0) is 66.4 Å². The maximum Gasteiger partial charge on any atom is 0.301 e. The van der Waals surface area contributed by atoms with Gasteiger partial charge in [-0.3, -0.25) is 14.5 Å². The van der Waals surface area contributed by atoms with Gasteiger partial charge in [0, 0.05) is 11.9 Å². The van der Waals surface area contributed by atoms with Gasteiger partial charge < -0.3 is 19.4 Å². The number of aliphatic hydroxyl groups excluding tert-OH is 1.